The zero-order valence-electron chi connectivity index (χ0n) is 14.1. The highest BCUT2D eigenvalue weighted by Gasteiger charge is 2.26. The SMILES string of the molecule is O=C(Nc1nc2c(s1)CN(Cc1ccc(Cl)cc1Cl)CC2)C1CCCO1. The second kappa shape index (κ2) is 7.82. The Labute approximate surface area is 166 Å². The molecule has 4 rings (SSSR count). The fraction of sp³-hybridized carbons (Fsp3) is 0.444. The van der Waals surface area contributed by atoms with E-state index in [4.69, 9.17) is 27.9 Å². The van der Waals surface area contributed by atoms with Crippen molar-refractivity contribution in [3.63, 3.8) is 0 Å². The van der Waals surface area contributed by atoms with Crippen LogP contribution in [0.15, 0.2) is 18.2 Å². The van der Waals surface area contributed by atoms with Gasteiger partial charge in [-0.15, -0.1) is 11.3 Å². The van der Waals surface area contributed by atoms with E-state index in [1.807, 2.05) is 12.1 Å². The van der Waals surface area contributed by atoms with Crippen LogP contribution in [-0.2, 0) is 29.0 Å². The Morgan fingerprint density at radius 3 is 3.08 bits per heavy atom. The number of amides is 1. The van der Waals surface area contributed by atoms with Crippen LogP contribution in [0, 0.1) is 0 Å². The van der Waals surface area contributed by atoms with Crippen molar-refractivity contribution in [2.24, 2.45) is 0 Å². The lowest BCUT2D eigenvalue weighted by molar-refractivity contribution is -0.124. The van der Waals surface area contributed by atoms with Crippen molar-refractivity contribution < 1.29 is 9.53 Å². The van der Waals surface area contributed by atoms with E-state index in [2.05, 4.69) is 15.2 Å². The molecular weight excluding hydrogens is 393 g/mol. The van der Waals surface area contributed by atoms with Crippen LogP contribution in [0.2, 0.25) is 10.0 Å². The molecule has 1 saturated heterocycles. The Morgan fingerprint density at radius 2 is 2.31 bits per heavy atom. The van der Waals surface area contributed by atoms with E-state index >= 15 is 0 Å². The van der Waals surface area contributed by atoms with Gasteiger partial charge in [0.2, 0.25) is 0 Å². The lowest BCUT2D eigenvalue weighted by Gasteiger charge is -2.26. The molecule has 1 N–H and O–H groups in total. The molecule has 1 aromatic heterocycles. The normalized spacial score (nSPS) is 20.2. The Kier molecular flexibility index (Phi) is 5.47. The number of halogens is 2. The predicted octanol–water partition coefficient (Wildman–Crippen LogP) is 4.13. The van der Waals surface area contributed by atoms with Gasteiger partial charge in [-0.2, -0.15) is 0 Å². The van der Waals surface area contributed by atoms with E-state index in [0.717, 1.165) is 50.2 Å². The number of anilines is 1. The summed E-state index contributed by atoms with van der Waals surface area (Å²) in [5.41, 5.74) is 2.15. The van der Waals surface area contributed by atoms with Crippen LogP contribution < -0.4 is 5.32 Å². The Balaban J connectivity index is 1.40. The van der Waals surface area contributed by atoms with Crippen molar-refractivity contribution in [1.82, 2.24) is 9.88 Å². The lowest BCUT2D eigenvalue weighted by atomic mass is 10.1. The van der Waals surface area contributed by atoms with Gasteiger partial charge in [0.1, 0.15) is 6.10 Å². The average Bonchev–Trinajstić information content (AvgIpc) is 3.26. The van der Waals surface area contributed by atoms with Crippen molar-refractivity contribution in [3.8, 4) is 0 Å². The number of nitrogens with zero attached hydrogens (tertiary/aromatic N) is 2. The van der Waals surface area contributed by atoms with E-state index in [0.29, 0.717) is 21.8 Å². The second-order valence-corrected chi connectivity index (χ2v) is 8.50. The first-order valence-electron chi connectivity index (χ1n) is 8.66. The molecule has 0 spiro atoms. The first-order chi connectivity index (χ1) is 12.6. The van der Waals surface area contributed by atoms with Gasteiger partial charge in [-0.05, 0) is 30.5 Å². The van der Waals surface area contributed by atoms with Gasteiger partial charge in [0, 0.05) is 47.6 Å². The van der Waals surface area contributed by atoms with Crippen molar-refractivity contribution in [3.05, 3.63) is 44.4 Å². The predicted molar refractivity (Wildman–Crippen MR) is 104 cm³/mol. The summed E-state index contributed by atoms with van der Waals surface area (Å²) in [6.45, 7) is 3.15. The van der Waals surface area contributed by atoms with Crippen LogP contribution in [0.25, 0.3) is 0 Å². The zero-order chi connectivity index (χ0) is 18.1. The van der Waals surface area contributed by atoms with Gasteiger partial charge in [-0.3, -0.25) is 15.0 Å². The van der Waals surface area contributed by atoms with Gasteiger partial charge in [0.15, 0.2) is 5.13 Å². The number of ether oxygens (including phenoxy) is 1. The van der Waals surface area contributed by atoms with Crippen LogP contribution in [0.1, 0.15) is 29.0 Å². The highest BCUT2D eigenvalue weighted by atomic mass is 35.5. The second-order valence-electron chi connectivity index (χ2n) is 6.58. The number of hydrogen-bond donors (Lipinski definition) is 1. The number of rotatable bonds is 4. The molecule has 1 unspecified atom stereocenters. The van der Waals surface area contributed by atoms with E-state index in [1.165, 1.54) is 4.88 Å². The number of carbonyl (C=O) groups is 1. The molecule has 0 aliphatic carbocycles. The largest absolute Gasteiger partial charge is 0.368 e. The maximum atomic E-state index is 12.2. The lowest BCUT2D eigenvalue weighted by Crippen LogP contribution is -2.29. The van der Waals surface area contributed by atoms with Crippen LogP contribution in [0.4, 0.5) is 5.13 Å². The number of thiazole rings is 1. The first kappa shape index (κ1) is 18.2. The van der Waals surface area contributed by atoms with Gasteiger partial charge < -0.3 is 4.74 Å². The Hall–Kier alpha value is -1.18. The maximum absolute atomic E-state index is 12.2. The summed E-state index contributed by atoms with van der Waals surface area (Å²) in [6, 6.07) is 5.61. The fourth-order valence-corrected chi connectivity index (χ4v) is 4.82. The summed E-state index contributed by atoms with van der Waals surface area (Å²) in [4.78, 5) is 20.3. The zero-order valence-corrected chi connectivity index (χ0v) is 16.5. The quantitative estimate of drug-likeness (QED) is 0.821. The van der Waals surface area contributed by atoms with Crippen LogP contribution in [0.3, 0.4) is 0 Å². The molecule has 5 nitrogen and oxygen atoms in total. The van der Waals surface area contributed by atoms with Crippen molar-refractivity contribution in [2.75, 3.05) is 18.5 Å². The minimum absolute atomic E-state index is 0.0848. The number of fused-ring (bicyclic) bond motifs is 1. The third-order valence-corrected chi connectivity index (χ3v) is 6.26. The van der Waals surface area contributed by atoms with Crippen LogP contribution in [-0.4, -0.2) is 35.0 Å². The summed E-state index contributed by atoms with van der Waals surface area (Å²) < 4.78 is 5.43. The topological polar surface area (TPSA) is 54.5 Å². The van der Waals surface area contributed by atoms with Crippen LogP contribution >= 0.6 is 34.5 Å². The van der Waals surface area contributed by atoms with Crippen molar-refractivity contribution in [2.45, 2.75) is 38.5 Å². The molecule has 1 aromatic carbocycles. The Bertz CT molecular complexity index is 821. The highest BCUT2D eigenvalue weighted by Crippen LogP contribution is 2.30. The molecule has 1 amide bonds. The van der Waals surface area contributed by atoms with E-state index in [-0.39, 0.29) is 12.0 Å². The van der Waals surface area contributed by atoms with Crippen molar-refractivity contribution in [1.29, 1.82) is 0 Å². The van der Waals surface area contributed by atoms with E-state index in [1.54, 1.807) is 17.4 Å². The molecule has 2 aliphatic heterocycles. The first-order valence-corrected chi connectivity index (χ1v) is 10.2. The molecule has 2 aromatic rings. The third-order valence-electron chi connectivity index (χ3n) is 4.67. The molecule has 1 fully saturated rings. The summed E-state index contributed by atoms with van der Waals surface area (Å²) in [7, 11) is 0. The minimum atomic E-state index is -0.334. The van der Waals surface area contributed by atoms with Gasteiger partial charge in [0.25, 0.3) is 5.91 Å². The van der Waals surface area contributed by atoms with E-state index in [9.17, 15) is 4.79 Å². The summed E-state index contributed by atoms with van der Waals surface area (Å²) >= 11 is 13.8. The van der Waals surface area contributed by atoms with Gasteiger partial charge in [0.05, 0.1) is 5.69 Å². The maximum Gasteiger partial charge on any atom is 0.255 e. The molecule has 26 heavy (non-hydrogen) atoms. The number of hydrogen-bond acceptors (Lipinski definition) is 5. The molecule has 0 saturated carbocycles. The molecule has 2 aliphatic rings. The number of carbonyl (C=O) groups excluding carboxylic acids is 1. The fourth-order valence-electron chi connectivity index (χ4n) is 3.30. The number of aromatic nitrogens is 1. The molecule has 0 bridgehead atoms. The molecule has 0 radical (unpaired) electrons. The summed E-state index contributed by atoms with van der Waals surface area (Å²) in [5, 5.41) is 4.92. The van der Waals surface area contributed by atoms with Crippen molar-refractivity contribution >= 4 is 45.6 Å². The molecule has 3 heterocycles. The highest BCUT2D eigenvalue weighted by molar-refractivity contribution is 7.15. The molecule has 1 atom stereocenters. The number of nitrogens with one attached hydrogen (secondary N) is 1. The van der Waals surface area contributed by atoms with Crippen LogP contribution in [0.5, 0.6) is 0 Å². The average molecular weight is 412 g/mol. The summed E-state index contributed by atoms with van der Waals surface area (Å²) in [6.07, 6.45) is 2.26. The standard InChI is InChI=1S/C18H19Cl2N3O2S/c19-12-4-3-11(13(20)8-12)9-23-6-5-14-16(10-23)26-18(21-14)22-17(24)15-2-1-7-25-15/h3-4,8,15H,1-2,5-7,9-10H2,(H,21,22,24). The smallest absolute Gasteiger partial charge is 0.255 e. The monoisotopic (exact) mass is 411 g/mol. The van der Waals surface area contributed by atoms with Gasteiger partial charge in [-0.25, -0.2) is 4.98 Å². The van der Waals surface area contributed by atoms with Gasteiger partial charge >= 0.3 is 0 Å². The molecule has 8 heteroatoms. The third kappa shape index (κ3) is 4.05. The minimum Gasteiger partial charge on any atom is -0.368 e. The Morgan fingerprint density at radius 1 is 1.42 bits per heavy atom. The number of benzene rings is 1. The summed E-state index contributed by atoms with van der Waals surface area (Å²) in [5.74, 6) is -0.0848. The molecular formula is C18H19Cl2N3O2S. The van der Waals surface area contributed by atoms with Gasteiger partial charge in [-0.1, -0.05) is 29.3 Å². The molecule has 138 valence electrons. The van der Waals surface area contributed by atoms with E-state index < -0.39 is 0 Å².